The van der Waals surface area contributed by atoms with Crippen LogP contribution in [-0.4, -0.2) is 27.6 Å². The molecule has 0 amide bonds. The van der Waals surface area contributed by atoms with Crippen molar-refractivity contribution in [2.24, 2.45) is 5.92 Å². The van der Waals surface area contributed by atoms with E-state index in [9.17, 15) is 5.11 Å². The molecule has 1 aliphatic rings. The number of hydrogen-bond acceptors (Lipinski definition) is 3. The Bertz CT molecular complexity index is 449. The summed E-state index contributed by atoms with van der Waals surface area (Å²) in [5.41, 5.74) is 0.164. The fraction of sp³-hybridized carbons (Fsp3) is 0.800. The van der Waals surface area contributed by atoms with E-state index in [0.717, 1.165) is 32.2 Å². The van der Waals surface area contributed by atoms with Crippen LogP contribution in [-0.2, 0) is 11.3 Å². The second kappa shape index (κ2) is 6.46. The van der Waals surface area contributed by atoms with Crippen molar-refractivity contribution < 1.29 is 9.84 Å². The Hall–Kier alpha value is -0.580. The van der Waals surface area contributed by atoms with Gasteiger partial charge in [-0.2, -0.15) is 5.10 Å². The summed E-state index contributed by atoms with van der Waals surface area (Å²) in [7, 11) is 1.69. The van der Waals surface area contributed by atoms with E-state index < -0.39 is 11.7 Å². The van der Waals surface area contributed by atoms with Crippen molar-refractivity contribution in [1.82, 2.24) is 9.78 Å². The highest BCUT2D eigenvalue weighted by Crippen LogP contribution is 2.44. The molecule has 20 heavy (non-hydrogen) atoms. The lowest BCUT2D eigenvalue weighted by atomic mass is 9.75. The first-order valence-corrected chi connectivity index (χ1v) is 7.86. The van der Waals surface area contributed by atoms with Gasteiger partial charge in [0.1, 0.15) is 6.10 Å². The molecule has 0 bridgehead atoms. The van der Waals surface area contributed by atoms with E-state index in [4.69, 9.17) is 16.3 Å². The van der Waals surface area contributed by atoms with Gasteiger partial charge in [0, 0.05) is 13.7 Å². The van der Waals surface area contributed by atoms with E-state index in [1.807, 2.05) is 4.68 Å². The average molecular weight is 301 g/mol. The Balaban J connectivity index is 2.32. The zero-order valence-corrected chi connectivity index (χ0v) is 13.4. The summed E-state index contributed by atoms with van der Waals surface area (Å²) in [4.78, 5) is 0. The van der Waals surface area contributed by atoms with Crippen LogP contribution in [0.5, 0.6) is 0 Å². The normalized spacial score (nSPS) is 28.6. The molecule has 1 N–H and O–H groups in total. The molecule has 0 saturated heterocycles. The topological polar surface area (TPSA) is 47.3 Å². The summed E-state index contributed by atoms with van der Waals surface area (Å²) in [6, 6.07) is 0. The highest BCUT2D eigenvalue weighted by Gasteiger charge is 2.44. The van der Waals surface area contributed by atoms with Crippen molar-refractivity contribution in [2.45, 2.75) is 64.2 Å². The predicted molar refractivity (Wildman–Crippen MR) is 79.9 cm³/mol. The molecule has 1 aromatic heterocycles. The van der Waals surface area contributed by atoms with Gasteiger partial charge in [-0.15, -0.1) is 0 Å². The van der Waals surface area contributed by atoms with Crippen molar-refractivity contribution in [3.63, 3.8) is 0 Å². The molecule has 0 spiro atoms. The van der Waals surface area contributed by atoms with E-state index >= 15 is 0 Å². The lowest BCUT2D eigenvalue weighted by molar-refractivity contribution is -0.136. The van der Waals surface area contributed by atoms with Crippen molar-refractivity contribution in [3.8, 4) is 0 Å². The summed E-state index contributed by atoms with van der Waals surface area (Å²) in [6.45, 7) is 5.06. The van der Waals surface area contributed by atoms with E-state index in [1.165, 1.54) is 6.42 Å². The number of aliphatic hydroxyl groups is 1. The highest BCUT2D eigenvalue weighted by molar-refractivity contribution is 6.31. The van der Waals surface area contributed by atoms with E-state index in [-0.39, 0.29) is 0 Å². The molecular weight excluding hydrogens is 276 g/mol. The molecule has 5 heteroatoms. The van der Waals surface area contributed by atoms with Gasteiger partial charge in [-0.3, -0.25) is 4.68 Å². The highest BCUT2D eigenvalue weighted by atomic mass is 35.5. The van der Waals surface area contributed by atoms with Crippen LogP contribution in [0.3, 0.4) is 0 Å². The zero-order chi connectivity index (χ0) is 14.8. The number of halogens is 1. The van der Waals surface area contributed by atoms with Crippen LogP contribution in [0.4, 0.5) is 0 Å². The summed E-state index contributed by atoms with van der Waals surface area (Å²) < 4.78 is 7.59. The van der Waals surface area contributed by atoms with Gasteiger partial charge in [0.05, 0.1) is 22.5 Å². The summed E-state index contributed by atoms with van der Waals surface area (Å²) in [5.74, 6) is 0.555. The Morgan fingerprint density at radius 1 is 1.65 bits per heavy atom. The van der Waals surface area contributed by atoms with Gasteiger partial charge in [0.25, 0.3) is 0 Å². The molecule has 114 valence electrons. The van der Waals surface area contributed by atoms with Gasteiger partial charge in [0.15, 0.2) is 0 Å². The van der Waals surface area contributed by atoms with Gasteiger partial charge >= 0.3 is 0 Å². The monoisotopic (exact) mass is 300 g/mol. The van der Waals surface area contributed by atoms with E-state index in [2.05, 4.69) is 18.9 Å². The number of aryl methyl sites for hydroxylation is 1. The third-order valence-electron chi connectivity index (χ3n) is 4.42. The molecule has 4 nitrogen and oxygen atoms in total. The number of aromatic nitrogens is 2. The first kappa shape index (κ1) is 15.8. The maximum absolute atomic E-state index is 10.9. The van der Waals surface area contributed by atoms with Gasteiger partial charge in [-0.1, -0.05) is 38.3 Å². The van der Waals surface area contributed by atoms with Crippen molar-refractivity contribution in [3.05, 3.63) is 16.9 Å². The minimum Gasteiger partial charge on any atom is -0.384 e. The number of hydrogen-bond donors (Lipinski definition) is 1. The lowest BCUT2D eigenvalue weighted by Gasteiger charge is -2.42. The van der Waals surface area contributed by atoms with Crippen molar-refractivity contribution >= 4 is 11.6 Å². The van der Waals surface area contributed by atoms with Crippen molar-refractivity contribution in [2.75, 3.05) is 7.11 Å². The van der Waals surface area contributed by atoms with E-state index in [1.54, 1.807) is 13.3 Å². The number of aliphatic hydroxyl groups excluding tert-OH is 1. The number of rotatable bonds is 5. The second-order valence-corrected chi connectivity index (χ2v) is 6.38. The minimum absolute atomic E-state index is 0.528. The molecule has 0 radical (unpaired) electrons. The van der Waals surface area contributed by atoms with Crippen LogP contribution in [0.2, 0.25) is 5.02 Å². The minimum atomic E-state index is -0.725. The summed E-state index contributed by atoms with van der Waals surface area (Å²) in [6.07, 6.45) is 5.84. The maximum Gasteiger partial charge on any atom is 0.126 e. The fourth-order valence-corrected chi connectivity index (χ4v) is 3.62. The molecule has 1 aromatic rings. The van der Waals surface area contributed by atoms with Crippen LogP contribution in [0.1, 0.15) is 57.7 Å². The standard InChI is InChI=1S/C15H25ClN2O2/c1-4-8-18-13(12(16)10-17-18)14(19)15(20-3)7-5-6-11(2)9-15/h10-11,14,19H,4-9H2,1-3H3. The molecule has 3 atom stereocenters. The number of methoxy groups -OCH3 is 1. The van der Waals surface area contributed by atoms with Crippen LogP contribution < -0.4 is 0 Å². The maximum atomic E-state index is 10.9. The summed E-state index contributed by atoms with van der Waals surface area (Å²) >= 11 is 6.25. The summed E-state index contributed by atoms with van der Waals surface area (Å²) in [5, 5.41) is 15.7. The lowest BCUT2D eigenvalue weighted by Crippen LogP contribution is -2.43. The first-order chi connectivity index (χ1) is 9.54. The zero-order valence-electron chi connectivity index (χ0n) is 12.6. The van der Waals surface area contributed by atoms with Gasteiger partial charge < -0.3 is 9.84 Å². The molecule has 0 aromatic carbocycles. The molecule has 2 rings (SSSR count). The Morgan fingerprint density at radius 2 is 2.40 bits per heavy atom. The van der Waals surface area contributed by atoms with Crippen LogP contribution >= 0.6 is 11.6 Å². The SMILES string of the molecule is CCCn1ncc(Cl)c1C(O)C1(OC)CCCC(C)C1. The smallest absolute Gasteiger partial charge is 0.126 e. The second-order valence-electron chi connectivity index (χ2n) is 5.97. The Morgan fingerprint density at radius 3 is 3.00 bits per heavy atom. The van der Waals surface area contributed by atoms with Crippen LogP contribution in [0.15, 0.2) is 6.20 Å². The van der Waals surface area contributed by atoms with Crippen molar-refractivity contribution in [1.29, 1.82) is 0 Å². The van der Waals surface area contributed by atoms with Gasteiger partial charge in [-0.05, 0) is 25.2 Å². The molecule has 1 fully saturated rings. The average Bonchev–Trinajstić information content (AvgIpc) is 2.79. The molecular formula is C15H25ClN2O2. The number of nitrogens with zero attached hydrogens (tertiary/aromatic N) is 2. The molecule has 3 unspecified atom stereocenters. The van der Waals surface area contributed by atoms with E-state index in [0.29, 0.717) is 16.6 Å². The predicted octanol–water partition coefficient (Wildman–Crippen LogP) is 3.58. The molecule has 0 aliphatic heterocycles. The fourth-order valence-electron chi connectivity index (χ4n) is 3.37. The van der Waals surface area contributed by atoms with Crippen LogP contribution in [0.25, 0.3) is 0 Å². The Labute approximate surface area is 126 Å². The Kier molecular flexibility index (Phi) is 5.10. The first-order valence-electron chi connectivity index (χ1n) is 7.48. The largest absolute Gasteiger partial charge is 0.384 e. The van der Waals surface area contributed by atoms with Gasteiger partial charge in [-0.25, -0.2) is 0 Å². The number of ether oxygens (including phenoxy) is 1. The third kappa shape index (κ3) is 2.87. The molecule has 1 aliphatic carbocycles. The van der Waals surface area contributed by atoms with Gasteiger partial charge in [0.2, 0.25) is 0 Å². The van der Waals surface area contributed by atoms with Crippen LogP contribution in [0, 0.1) is 5.92 Å². The molecule has 1 heterocycles. The third-order valence-corrected chi connectivity index (χ3v) is 4.71. The quantitative estimate of drug-likeness (QED) is 0.904. The molecule has 1 saturated carbocycles.